The second-order valence-electron chi connectivity index (χ2n) is 3.93. The summed E-state index contributed by atoms with van der Waals surface area (Å²) in [6.45, 7) is 2.96. The second-order valence-corrected chi connectivity index (χ2v) is 3.93. The minimum atomic E-state index is -0.320. The fraction of sp³-hybridized carbons (Fsp3) is 0.300. The molecule has 2 aromatic rings. The molecule has 19 heavy (non-hydrogen) atoms. The van der Waals surface area contributed by atoms with Crippen LogP contribution in [-0.4, -0.2) is 36.6 Å². The summed E-state index contributed by atoms with van der Waals surface area (Å²) in [6, 6.07) is 0. The van der Waals surface area contributed by atoms with E-state index < -0.39 is 0 Å². The lowest BCUT2D eigenvalue weighted by Crippen LogP contribution is -2.21. The van der Waals surface area contributed by atoms with Crippen molar-refractivity contribution in [2.75, 3.05) is 11.1 Å². The van der Waals surface area contributed by atoms with Gasteiger partial charge in [0.15, 0.2) is 5.82 Å². The first-order chi connectivity index (χ1) is 8.97. The number of hydrogen-bond acceptors (Lipinski definition) is 6. The molecule has 1 amide bonds. The van der Waals surface area contributed by atoms with Crippen LogP contribution in [0.5, 0.6) is 0 Å². The van der Waals surface area contributed by atoms with Gasteiger partial charge in [0, 0.05) is 6.92 Å². The lowest BCUT2D eigenvalue weighted by atomic mass is 10.4. The third-order valence-corrected chi connectivity index (χ3v) is 2.40. The molecule has 0 aromatic carbocycles. The van der Waals surface area contributed by atoms with E-state index >= 15 is 0 Å². The third-order valence-electron chi connectivity index (χ3n) is 2.40. The number of aromatic nitrogens is 5. The highest BCUT2D eigenvalue weighted by molar-refractivity contribution is 5.87. The van der Waals surface area contributed by atoms with Gasteiger partial charge in [-0.25, -0.2) is 4.68 Å². The van der Waals surface area contributed by atoms with E-state index in [0.717, 1.165) is 0 Å². The summed E-state index contributed by atoms with van der Waals surface area (Å²) in [4.78, 5) is 23.9. The van der Waals surface area contributed by atoms with Gasteiger partial charge in [-0.1, -0.05) is 0 Å². The number of nitrogens with zero attached hydrogens (tertiary/aromatic N) is 5. The predicted molar refractivity (Wildman–Crippen MR) is 66.3 cm³/mol. The summed E-state index contributed by atoms with van der Waals surface area (Å²) < 4.78 is 1.19. The van der Waals surface area contributed by atoms with Crippen LogP contribution in [0.1, 0.15) is 17.4 Å². The van der Waals surface area contributed by atoms with Crippen molar-refractivity contribution in [1.29, 1.82) is 0 Å². The standard InChI is InChI=1S/C10H13N7O2/c1-6-8(11)3-13-17(6)10(19)5-16-12-4-9(15-16)14-7(2)18/h3-4H,5,11H2,1-2H3,(H,14,15,18). The Kier molecular flexibility index (Phi) is 3.27. The van der Waals surface area contributed by atoms with E-state index in [0.29, 0.717) is 11.4 Å². The Morgan fingerprint density at radius 3 is 2.68 bits per heavy atom. The minimum Gasteiger partial charge on any atom is -0.396 e. The van der Waals surface area contributed by atoms with Crippen molar-refractivity contribution < 1.29 is 9.59 Å². The molecule has 0 unspecified atom stereocenters. The van der Waals surface area contributed by atoms with Crippen LogP contribution in [0, 0.1) is 6.92 Å². The largest absolute Gasteiger partial charge is 0.396 e. The first-order valence-electron chi connectivity index (χ1n) is 5.48. The molecule has 2 aromatic heterocycles. The number of rotatable bonds is 3. The van der Waals surface area contributed by atoms with Gasteiger partial charge in [-0.2, -0.15) is 15.0 Å². The number of nitrogens with one attached hydrogen (secondary N) is 1. The van der Waals surface area contributed by atoms with Gasteiger partial charge < -0.3 is 11.1 Å². The Morgan fingerprint density at radius 1 is 1.37 bits per heavy atom. The van der Waals surface area contributed by atoms with Crippen LogP contribution in [0.2, 0.25) is 0 Å². The van der Waals surface area contributed by atoms with Crippen molar-refractivity contribution in [2.24, 2.45) is 0 Å². The van der Waals surface area contributed by atoms with Crippen molar-refractivity contribution in [3.63, 3.8) is 0 Å². The molecule has 9 heteroatoms. The van der Waals surface area contributed by atoms with Crippen LogP contribution < -0.4 is 11.1 Å². The first-order valence-corrected chi connectivity index (χ1v) is 5.48. The van der Waals surface area contributed by atoms with Gasteiger partial charge in [-0.15, -0.1) is 5.10 Å². The van der Waals surface area contributed by atoms with Crippen molar-refractivity contribution >= 4 is 23.3 Å². The van der Waals surface area contributed by atoms with E-state index in [1.807, 2.05) is 0 Å². The van der Waals surface area contributed by atoms with Crippen molar-refractivity contribution in [1.82, 2.24) is 24.8 Å². The first kappa shape index (κ1) is 12.7. The number of nitrogen functional groups attached to an aromatic ring is 1. The normalized spacial score (nSPS) is 10.4. The molecule has 0 atom stereocenters. The Hall–Kier alpha value is -2.71. The van der Waals surface area contributed by atoms with Crippen LogP contribution in [0.3, 0.4) is 0 Å². The van der Waals surface area contributed by atoms with Crippen molar-refractivity contribution in [2.45, 2.75) is 20.4 Å². The number of nitrogens with two attached hydrogens (primary N) is 1. The van der Waals surface area contributed by atoms with Crippen molar-refractivity contribution in [3.05, 3.63) is 18.1 Å². The van der Waals surface area contributed by atoms with Gasteiger partial charge >= 0.3 is 0 Å². The van der Waals surface area contributed by atoms with E-state index in [1.54, 1.807) is 6.92 Å². The number of amides is 1. The van der Waals surface area contributed by atoms with E-state index in [4.69, 9.17) is 5.73 Å². The number of anilines is 2. The molecular weight excluding hydrogens is 250 g/mol. The molecule has 0 fully saturated rings. The van der Waals surface area contributed by atoms with E-state index in [2.05, 4.69) is 20.6 Å². The maximum Gasteiger partial charge on any atom is 0.270 e. The SMILES string of the molecule is CC(=O)Nc1cnn(CC(=O)n2ncc(N)c2C)n1. The Bertz CT molecular complexity index is 628. The molecule has 2 heterocycles. The zero-order chi connectivity index (χ0) is 14.0. The molecule has 0 saturated heterocycles. The summed E-state index contributed by atoms with van der Waals surface area (Å²) in [5.41, 5.74) is 6.62. The van der Waals surface area contributed by atoms with Crippen LogP contribution >= 0.6 is 0 Å². The van der Waals surface area contributed by atoms with Crippen molar-refractivity contribution in [3.8, 4) is 0 Å². The van der Waals surface area contributed by atoms with Gasteiger partial charge in [0.2, 0.25) is 5.91 Å². The predicted octanol–water partition coefficient (Wildman–Crippen LogP) is -0.336. The average molecular weight is 263 g/mol. The van der Waals surface area contributed by atoms with Gasteiger partial charge in [-0.3, -0.25) is 9.59 Å². The monoisotopic (exact) mass is 263 g/mol. The fourth-order valence-electron chi connectivity index (χ4n) is 1.47. The topological polar surface area (TPSA) is 121 Å². The summed E-state index contributed by atoms with van der Waals surface area (Å²) in [5, 5.41) is 14.1. The van der Waals surface area contributed by atoms with Gasteiger partial charge in [0.25, 0.3) is 5.91 Å². The zero-order valence-corrected chi connectivity index (χ0v) is 10.5. The van der Waals surface area contributed by atoms with Crippen LogP contribution in [0.25, 0.3) is 0 Å². The number of carbonyl (C=O) groups excluding carboxylic acids is 2. The van der Waals surface area contributed by atoms with E-state index in [9.17, 15) is 9.59 Å². The smallest absolute Gasteiger partial charge is 0.270 e. The van der Waals surface area contributed by atoms with E-state index in [1.165, 1.54) is 28.8 Å². The second kappa shape index (κ2) is 4.88. The molecule has 0 aliphatic carbocycles. The maximum absolute atomic E-state index is 11.9. The maximum atomic E-state index is 11.9. The van der Waals surface area contributed by atoms with Crippen LogP contribution in [0.15, 0.2) is 12.4 Å². The fourth-order valence-corrected chi connectivity index (χ4v) is 1.47. The average Bonchev–Trinajstić information content (AvgIpc) is 2.87. The molecule has 0 aliphatic rings. The summed E-state index contributed by atoms with van der Waals surface area (Å²) in [5.74, 6) is -0.287. The lowest BCUT2D eigenvalue weighted by molar-refractivity contribution is -0.114. The molecular formula is C10H13N7O2. The molecule has 2 rings (SSSR count). The molecule has 0 saturated carbocycles. The highest BCUT2D eigenvalue weighted by Gasteiger charge is 2.13. The lowest BCUT2D eigenvalue weighted by Gasteiger charge is -2.02. The summed E-state index contributed by atoms with van der Waals surface area (Å²) in [6.07, 6.45) is 2.77. The van der Waals surface area contributed by atoms with Gasteiger partial charge in [0.1, 0.15) is 6.54 Å². The highest BCUT2D eigenvalue weighted by atomic mass is 16.2. The minimum absolute atomic E-state index is 0.0957. The van der Waals surface area contributed by atoms with E-state index in [-0.39, 0.29) is 24.2 Å². The number of carbonyl (C=O) groups is 2. The zero-order valence-electron chi connectivity index (χ0n) is 10.5. The number of hydrogen-bond donors (Lipinski definition) is 2. The summed E-state index contributed by atoms with van der Waals surface area (Å²) >= 11 is 0. The molecule has 9 nitrogen and oxygen atoms in total. The van der Waals surface area contributed by atoms with Gasteiger partial charge in [0.05, 0.1) is 23.8 Å². The Labute approximate surface area is 108 Å². The molecule has 0 spiro atoms. The molecule has 100 valence electrons. The van der Waals surface area contributed by atoms with Crippen LogP contribution in [-0.2, 0) is 11.3 Å². The Morgan fingerprint density at radius 2 is 2.11 bits per heavy atom. The van der Waals surface area contributed by atoms with Crippen LogP contribution in [0.4, 0.5) is 11.5 Å². The van der Waals surface area contributed by atoms with Gasteiger partial charge in [-0.05, 0) is 6.92 Å². The molecule has 0 radical (unpaired) electrons. The highest BCUT2D eigenvalue weighted by Crippen LogP contribution is 2.08. The Balaban J connectivity index is 2.09. The molecule has 0 bridgehead atoms. The summed E-state index contributed by atoms with van der Waals surface area (Å²) in [7, 11) is 0. The molecule has 3 N–H and O–H groups in total. The molecule has 0 aliphatic heterocycles. The third kappa shape index (κ3) is 2.76. The quantitative estimate of drug-likeness (QED) is 0.781.